The van der Waals surface area contributed by atoms with E-state index < -0.39 is 5.97 Å². The van der Waals surface area contributed by atoms with Crippen LogP contribution in [0.2, 0.25) is 0 Å². The quantitative estimate of drug-likeness (QED) is 0.585. The summed E-state index contributed by atoms with van der Waals surface area (Å²) in [6.45, 7) is 2.53. The monoisotopic (exact) mass is 308 g/mol. The molecule has 0 atom stereocenters. The summed E-state index contributed by atoms with van der Waals surface area (Å²) in [6.07, 6.45) is 0.354. The van der Waals surface area contributed by atoms with Crippen molar-refractivity contribution in [3.63, 3.8) is 0 Å². The first kappa shape index (κ1) is 17.5. The summed E-state index contributed by atoms with van der Waals surface area (Å²) in [6, 6.07) is 6.60. The van der Waals surface area contributed by atoms with Crippen LogP contribution in [-0.2, 0) is 9.59 Å². The molecule has 120 valence electrons. The van der Waals surface area contributed by atoms with Gasteiger partial charge in [-0.05, 0) is 37.6 Å². The number of hydrogen-bond acceptors (Lipinski definition) is 4. The van der Waals surface area contributed by atoms with Crippen molar-refractivity contribution in [1.29, 1.82) is 0 Å². The maximum atomic E-state index is 11.8. The van der Waals surface area contributed by atoms with E-state index in [-0.39, 0.29) is 31.3 Å². The highest BCUT2D eigenvalue weighted by Gasteiger charge is 2.08. The normalized spacial score (nSPS) is 9.86. The molecule has 3 N–H and O–H groups in total. The van der Waals surface area contributed by atoms with Gasteiger partial charge in [0.15, 0.2) is 0 Å². The van der Waals surface area contributed by atoms with Crippen LogP contribution < -0.4 is 15.4 Å². The number of rotatable bonds is 9. The number of carboxylic acids is 1. The van der Waals surface area contributed by atoms with Crippen LogP contribution in [0.3, 0.4) is 0 Å². The number of carboxylic acid groups (broad SMARTS) is 1. The van der Waals surface area contributed by atoms with Gasteiger partial charge in [-0.25, -0.2) is 0 Å². The summed E-state index contributed by atoms with van der Waals surface area (Å²) in [4.78, 5) is 33.6. The molecule has 0 saturated heterocycles. The first-order valence-electron chi connectivity index (χ1n) is 7.02. The highest BCUT2D eigenvalue weighted by molar-refractivity contribution is 5.96. The molecule has 0 spiro atoms. The van der Waals surface area contributed by atoms with Gasteiger partial charge in [-0.15, -0.1) is 0 Å². The average molecular weight is 308 g/mol. The summed E-state index contributed by atoms with van der Waals surface area (Å²) in [5, 5.41) is 13.5. The number of carbonyl (C=O) groups is 3. The molecule has 0 aliphatic rings. The fourth-order valence-electron chi connectivity index (χ4n) is 1.66. The van der Waals surface area contributed by atoms with Crippen molar-refractivity contribution >= 4 is 17.8 Å². The molecule has 22 heavy (non-hydrogen) atoms. The molecular weight excluding hydrogens is 288 g/mol. The molecule has 1 aromatic rings. The van der Waals surface area contributed by atoms with Gasteiger partial charge in [-0.3, -0.25) is 14.4 Å². The molecule has 0 aromatic heterocycles. The van der Waals surface area contributed by atoms with Gasteiger partial charge in [0.2, 0.25) is 5.91 Å². The molecule has 0 fully saturated rings. The topological polar surface area (TPSA) is 105 Å². The van der Waals surface area contributed by atoms with Gasteiger partial charge in [0.1, 0.15) is 5.75 Å². The van der Waals surface area contributed by atoms with E-state index in [0.29, 0.717) is 24.3 Å². The Kier molecular flexibility index (Phi) is 7.45. The molecule has 2 amide bonds. The first-order chi connectivity index (χ1) is 10.5. The Hall–Kier alpha value is -2.57. The second-order valence-electron chi connectivity index (χ2n) is 4.49. The van der Waals surface area contributed by atoms with E-state index in [1.165, 1.54) is 0 Å². The number of ether oxygens (including phenoxy) is 1. The Bertz CT molecular complexity index is 513. The van der Waals surface area contributed by atoms with Crippen molar-refractivity contribution in [2.75, 3.05) is 19.7 Å². The Morgan fingerprint density at radius 2 is 1.82 bits per heavy atom. The maximum Gasteiger partial charge on any atom is 0.303 e. The van der Waals surface area contributed by atoms with E-state index in [1.807, 2.05) is 6.92 Å². The lowest BCUT2D eigenvalue weighted by Gasteiger charge is -2.07. The zero-order valence-electron chi connectivity index (χ0n) is 12.4. The number of amides is 2. The van der Waals surface area contributed by atoms with E-state index in [9.17, 15) is 14.4 Å². The van der Waals surface area contributed by atoms with E-state index >= 15 is 0 Å². The van der Waals surface area contributed by atoms with Gasteiger partial charge in [-0.1, -0.05) is 0 Å². The fraction of sp³-hybridized carbons (Fsp3) is 0.400. The summed E-state index contributed by atoms with van der Waals surface area (Å²) >= 11 is 0. The van der Waals surface area contributed by atoms with Crippen LogP contribution in [-0.4, -0.2) is 42.6 Å². The number of carbonyl (C=O) groups excluding carboxylic acids is 2. The lowest BCUT2D eigenvalue weighted by atomic mass is 10.2. The number of aliphatic carboxylic acids is 1. The predicted molar refractivity (Wildman–Crippen MR) is 79.8 cm³/mol. The lowest BCUT2D eigenvalue weighted by molar-refractivity contribution is -0.137. The van der Waals surface area contributed by atoms with E-state index in [2.05, 4.69) is 10.6 Å². The van der Waals surface area contributed by atoms with Gasteiger partial charge in [-0.2, -0.15) is 0 Å². The molecule has 0 unspecified atom stereocenters. The van der Waals surface area contributed by atoms with Crippen molar-refractivity contribution in [2.24, 2.45) is 0 Å². The van der Waals surface area contributed by atoms with Crippen LogP contribution in [0.25, 0.3) is 0 Å². The van der Waals surface area contributed by atoms with E-state index in [1.54, 1.807) is 24.3 Å². The van der Waals surface area contributed by atoms with Gasteiger partial charge >= 0.3 is 5.97 Å². The molecule has 0 heterocycles. The highest BCUT2D eigenvalue weighted by Crippen LogP contribution is 2.11. The zero-order valence-corrected chi connectivity index (χ0v) is 12.4. The third kappa shape index (κ3) is 6.74. The third-order valence-corrected chi connectivity index (χ3v) is 2.73. The van der Waals surface area contributed by atoms with E-state index in [4.69, 9.17) is 9.84 Å². The van der Waals surface area contributed by atoms with Crippen LogP contribution in [0.5, 0.6) is 5.75 Å². The van der Waals surface area contributed by atoms with Crippen molar-refractivity contribution in [1.82, 2.24) is 10.6 Å². The Morgan fingerprint density at radius 3 is 2.41 bits per heavy atom. The summed E-state index contributed by atoms with van der Waals surface area (Å²) in [5.41, 5.74) is 0.433. The van der Waals surface area contributed by atoms with E-state index in [0.717, 1.165) is 0 Å². The second-order valence-corrected chi connectivity index (χ2v) is 4.49. The second kappa shape index (κ2) is 9.38. The maximum absolute atomic E-state index is 11.8. The SMILES string of the molecule is CCOc1ccc(C(=O)NCC(=O)NCCCC(=O)O)cc1. The largest absolute Gasteiger partial charge is 0.494 e. The Balaban J connectivity index is 2.29. The predicted octanol–water partition coefficient (Wildman–Crippen LogP) is 0.796. The first-order valence-corrected chi connectivity index (χ1v) is 7.02. The summed E-state index contributed by atoms with van der Waals surface area (Å²) in [5.74, 6) is -0.943. The molecule has 1 rings (SSSR count). The number of nitrogens with one attached hydrogen (secondary N) is 2. The molecule has 0 radical (unpaired) electrons. The summed E-state index contributed by atoms with van der Waals surface area (Å²) in [7, 11) is 0. The van der Waals surface area contributed by atoms with Crippen molar-refractivity contribution in [2.45, 2.75) is 19.8 Å². The van der Waals surface area contributed by atoms with Crippen molar-refractivity contribution < 1.29 is 24.2 Å². The minimum Gasteiger partial charge on any atom is -0.494 e. The third-order valence-electron chi connectivity index (χ3n) is 2.73. The molecule has 0 saturated carbocycles. The molecule has 7 heteroatoms. The van der Waals surface area contributed by atoms with Gasteiger partial charge in [0.25, 0.3) is 5.91 Å². The van der Waals surface area contributed by atoms with Gasteiger partial charge in [0, 0.05) is 18.5 Å². The molecule has 1 aromatic carbocycles. The molecular formula is C15H20N2O5. The van der Waals surface area contributed by atoms with Crippen molar-refractivity contribution in [3.8, 4) is 5.75 Å². The minimum absolute atomic E-state index is 0.00117. The number of hydrogen-bond donors (Lipinski definition) is 3. The summed E-state index contributed by atoms with van der Waals surface area (Å²) < 4.78 is 5.27. The van der Waals surface area contributed by atoms with Crippen LogP contribution in [0.1, 0.15) is 30.1 Å². The molecule has 7 nitrogen and oxygen atoms in total. The zero-order chi connectivity index (χ0) is 16.4. The van der Waals surface area contributed by atoms with Gasteiger partial charge in [0.05, 0.1) is 13.2 Å². The standard InChI is InChI=1S/C15H20N2O5/c1-2-22-12-7-5-11(6-8-12)15(21)17-10-13(18)16-9-3-4-14(19)20/h5-8H,2-4,9-10H2,1H3,(H,16,18)(H,17,21)(H,19,20). The molecule has 0 aliphatic heterocycles. The van der Waals surface area contributed by atoms with Crippen LogP contribution in [0.15, 0.2) is 24.3 Å². The van der Waals surface area contributed by atoms with Crippen LogP contribution >= 0.6 is 0 Å². The minimum atomic E-state index is -0.905. The van der Waals surface area contributed by atoms with Crippen molar-refractivity contribution in [3.05, 3.63) is 29.8 Å². The van der Waals surface area contributed by atoms with Gasteiger partial charge < -0.3 is 20.5 Å². The fourth-order valence-corrected chi connectivity index (χ4v) is 1.66. The average Bonchev–Trinajstić information content (AvgIpc) is 2.50. The number of benzene rings is 1. The Morgan fingerprint density at radius 1 is 1.14 bits per heavy atom. The lowest BCUT2D eigenvalue weighted by Crippen LogP contribution is -2.37. The molecule has 0 aliphatic carbocycles. The molecule has 0 bridgehead atoms. The Labute approximate surface area is 128 Å². The van der Waals surface area contributed by atoms with Crippen LogP contribution in [0, 0.1) is 0 Å². The highest BCUT2D eigenvalue weighted by atomic mass is 16.5. The smallest absolute Gasteiger partial charge is 0.303 e. The van der Waals surface area contributed by atoms with Crippen LogP contribution in [0.4, 0.5) is 0 Å².